The van der Waals surface area contributed by atoms with Crippen molar-refractivity contribution in [3.8, 4) is 0 Å². The van der Waals surface area contributed by atoms with Gasteiger partial charge in [-0.2, -0.15) is 0 Å². The number of thiazole rings is 1. The average molecular weight is 295 g/mol. The maximum absolute atomic E-state index is 12.5. The second kappa shape index (κ2) is 5.51. The molecule has 1 N–H and O–H groups in total. The molecule has 108 valence electrons. The van der Waals surface area contributed by atoms with Crippen molar-refractivity contribution in [3.63, 3.8) is 0 Å². The molecule has 20 heavy (non-hydrogen) atoms. The Kier molecular flexibility index (Phi) is 3.73. The van der Waals surface area contributed by atoms with Gasteiger partial charge in [-0.05, 0) is 13.8 Å². The summed E-state index contributed by atoms with van der Waals surface area (Å²) in [5, 5.41) is 4.91. The molecule has 2 aromatic rings. The van der Waals surface area contributed by atoms with Gasteiger partial charge in [-0.15, -0.1) is 11.3 Å². The number of imidazole rings is 1. The third-order valence-electron chi connectivity index (χ3n) is 3.38. The first-order valence-electron chi connectivity index (χ1n) is 6.63. The fourth-order valence-corrected chi connectivity index (χ4v) is 3.21. The van der Waals surface area contributed by atoms with Crippen molar-refractivity contribution in [1.82, 2.24) is 14.7 Å². The number of nitrogens with zero attached hydrogens (tertiary/aromatic N) is 2. The molecule has 3 rings (SSSR count). The number of ether oxygens (including phenoxy) is 2. The van der Waals surface area contributed by atoms with Gasteiger partial charge in [0.2, 0.25) is 0 Å². The van der Waals surface area contributed by atoms with Gasteiger partial charge in [-0.1, -0.05) is 0 Å². The summed E-state index contributed by atoms with van der Waals surface area (Å²) in [5.74, 6) is -0.131. The van der Waals surface area contributed by atoms with Crippen LogP contribution in [0.15, 0.2) is 11.6 Å². The molecule has 0 aliphatic carbocycles. The number of fused-ring (bicyclic) bond motifs is 1. The maximum Gasteiger partial charge on any atom is 0.270 e. The molecule has 1 amide bonds. The van der Waals surface area contributed by atoms with Crippen LogP contribution in [0.4, 0.5) is 0 Å². The van der Waals surface area contributed by atoms with E-state index in [1.54, 1.807) is 0 Å². The van der Waals surface area contributed by atoms with Crippen LogP contribution in [0.25, 0.3) is 4.96 Å². The van der Waals surface area contributed by atoms with Gasteiger partial charge in [-0.25, -0.2) is 4.98 Å². The number of carbonyl (C=O) groups excluding carboxylic acids is 1. The largest absolute Gasteiger partial charge is 0.376 e. The number of hydrogen-bond donors (Lipinski definition) is 1. The zero-order chi connectivity index (χ0) is 14.1. The second-order valence-corrected chi connectivity index (χ2v) is 5.59. The maximum atomic E-state index is 12.5. The van der Waals surface area contributed by atoms with Gasteiger partial charge in [0.05, 0.1) is 24.9 Å². The molecule has 0 unspecified atom stereocenters. The molecule has 6 nitrogen and oxygen atoms in total. The zero-order valence-electron chi connectivity index (χ0n) is 11.5. The van der Waals surface area contributed by atoms with Crippen molar-refractivity contribution in [1.29, 1.82) is 0 Å². The molecule has 7 heteroatoms. The van der Waals surface area contributed by atoms with Crippen molar-refractivity contribution in [2.45, 2.75) is 26.0 Å². The van der Waals surface area contributed by atoms with Crippen LogP contribution in [0.3, 0.4) is 0 Å². The lowest BCUT2D eigenvalue weighted by molar-refractivity contribution is 0.0401. The van der Waals surface area contributed by atoms with E-state index in [4.69, 9.17) is 9.47 Å². The molecule has 0 aromatic carbocycles. The number of hydrogen-bond acceptors (Lipinski definition) is 5. The topological polar surface area (TPSA) is 64.9 Å². The predicted molar refractivity (Wildman–Crippen MR) is 75.3 cm³/mol. The monoisotopic (exact) mass is 295 g/mol. The third kappa shape index (κ3) is 2.32. The molecule has 1 fully saturated rings. The number of amides is 1. The Morgan fingerprint density at radius 2 is 2.50 bits per heavy atom. The van der Waals surface area contributed by atoms with E-state index < -0.39 is 0 Å². The van der Waals surface area contributed by atoms with E-state index in [1.807, 2.05) is 29.8 Å². The first-order valence-corrected chi connectivity index (χ1v) is 7.51. The molecular formula is C13H17N3O3S. The average Bonchev–Trinajstić information content (AvgIpc) is 3.06. The summed E-state index contributed by atoms with van der Waals surface area (Å²) in [6.45, 7) is 5.41. The molecule has 0 bridgehead atoms. The number of aromatic nitrogens is 2. The summed E-state index contributed by atoms with van der Waals surface area (Å²) >= 11 is 1.51. The summed E-state index contributed by atoms with van der Waals surface area (Å²) in [5.41, 5.74) is 1.32. The van der Waals surface area contributed by atoms with E-state index in [0.717, 1.165) is 10.7 Å². The van der Waals surface area contributed by atoms with E-state index in [9.17, 15) is 4.79 Å². The van der Waals surface area contributed by atoms with Crippen LogP contribution in [-0.4, -0.2) is 47.3 Å². The van der Waals surface area contributed by atoms with E-state index in [1.165, 1.54) is 11.3 Å². The Balaban J connectivity index is 1.79. The smallest absolute Gasteiger partial charge is 0.270 e. The van der Waals surface area contributed by atoms with Crippen LogP contribution in [0.1, 0.15) is 23.1 Å². The number of nitrogens with one attached hydrogen (secondary N) is 1. The Bertz CT molecular complexity index is 621. The summed E-state index contributed by atoms with van der Waals surface area (Å²) in [6, 6.07) is -0.106. The quantitative estimate of drug-likeness (QED) is 0.921. The van der Waals surface area contributed by atoms with Crippen LogP contribution < -0.4 is 5.32 Å². The second-order valence-electron chi connectivity index (χ2n) is 4.71. The minimum Gasteiger partial charge on any atom is -0.376 e. The van der Waals surface area contributed by atoms with Gasteiger partial charge < -0.3 is 14.8 Å². The van der Waals surface area contributed by atoms with Gasteiger partial charge in [0.15, 0.2) is 4.96 Å². The van der Waals surface area contributed by atoms with Crippen LogP contribution in [0.5, 0.6) is 0 Å². The minimum atomic E-state index is -0.131. The molecule has 1 aliphatic rings. The number of aryl methyl sites for hydroxylation is 1. The van der Waals surface area contributed by atoms with E-state index >= 15 is 0 Å². The van der Waals surface area contributed by atoms with Gasteiger partial charge in [-0.3, -0.25) is 9.20 Å². The Labute approximate surface area is 120 Å². The third-order valence-corrected chi connectivity index (χ3v) is 4.13. The van der Waals surface area contributed by atoms with Crippen LogP contribution in [0, 0.1) is 6.92 Å². The molecule has 1 saturated heterocycles. The Hall–Kier alpha value is -1.44. The molecule has 2 atom stereocenters. The lowest BCUT2D eigenvalue weighted by atomic mass is 10.2. The highest BCUT2D eigenvalue weighted by Gasteiger charge is 2.31. The molecule has 0 spiro atoms. The van der Waals surface area contributed by atoms with Crippen molar-refractivity contribution >= 4 is 22.2 Å². The van der Waals surface area contributed by atoms with Crippen LogP contribution in [-0.2, 0) is 9.47 Å². The molecule has 1 aliphatic heterocycles. The molecule has 3 heterocycles. The molecular weight excluding hydrogens is 278 g/mol. The molecule has 0 saturated carbocycles. The Morgan fingerprint density at radius 1 is 1.65 bits per heavy atom. The highest BCUT2D eigenvalue weighted by Crippen LogP contribution is 2.18. The summed E-state index contributed by atoms with van der Waals surface area (Å²) < 4.78 is 12.8. The number of carbonyl (C=O) groups is 1. The SMILES string of the molecule is CCO[C@H]1COC[C@@H]1NC(=O)c1c(C)nc2sccn12. The van der Waals surface area contributed by atoms with E-state index in [-0.39, 0.29) is 18.1 Å². The standard InChI is InChI=1S/C13H17N3O3S/c1-3-19-10-7-18-6-9(10)15-12(17)11-8(2)14-13-16(11)4-5-20-13/h4-5,9-10H,3,6-7H2,1-2H3,(H,15,17)/t9-,10-/m0/s1. The summed E-state index contributed by atoms with van der Waals surface area (Å²) in [6.07, 6.45) is 1.79. The van der Waals surface area contributed by atoms with Gasteiger partial charge in [0, 0.05) is 18.2 Å². The van der Waals surface area contributed by atoms with Crippen molar-refractivity contribution < 1.29 is 14.3 Å². The lowest BCUT2D eigenvalue weighted by Gasteiger charge is -2.18. The van der Waals surface area contributed by atoms with E-state index in [0.29, 0.717) is 25.5 Å². The van der Waals surface area contributed by atoms with Crippen LogP contribution >= 0.6 is 11.3 Å². The molecule has 2 aromatic heterocycles. The summed E-state index contributed by atoms with van der Waals surface area (Å²) in [4.78, 5) is 17.7. The first kappa shape index (κ1) is 13.5. The lowest BCUT2D eigenvalue weighted by Crippen LogP contribution is -2.44. The first-order chi connectivity index (χ1) is 9.70. The normalized spacial score (nSPS) is 22.5. The summed E-state index contributed by atoms with van der Waals surface area (Å²) in [7, 11) is 0. The van der Waals surface area contributed by atoms with Gasteiger partial charge in [0.25, 0.3) is 5.91 Å². The van der Waals surface area contributed by atoms with Crippen molar-refractivity contribution in [2.75, 3.05) is 19.8 Å². The fraction of sp³-hybridized carbons (Fsp3) is 0.538. The highest BCUT2D eigenvalue weighted by atomic mass is 32.1. The van der Waals surface area contributed by atoms with Gasteiger partial charge >= 0.3 is 0 Å². The van der Waals surface area contributed by atoms with Crippen molar-refractivity contribution in [3.05, 3.63) is 23.0 Å². The predicted octanol–water partition coefficient (Wildman–Crippen LogP) is 1.24. The highest BCUT2D eigenvalue weighted by molar-refractivity contribution is 7.15. The van der Waals surface area contributed by atoms with E-state index in [2.05, 4.69) is 10.3 Å². The van der Waals surface area contributed by atoms with Gasteiger partial charge in [0.1, 0.15) is 11.8 Å². The minimum absolute atomic E-state index is 0.0739. The zero-order valence-corrected chi connectivity index (χ0v) is 12.3. The van der Waals surface area contributed by atoms with Crippen molar-refractivity contribution in [2.24, 2.45) is 0 Å². The molecule has 0 radical (unpaired) electrons. The fourth-order valence-electron chi connectivity index (χ4n) is 2.45. The van der Waals surface area contributed by atoms with Crippen LogP contribution in [0.2, 0.25) is 0 Å². The Morgan fingerprint density at radius 3 is 3.30 bits per heavy atom. The number of rotatable bonds is 4.